The number of benzene rings is 1. The predicted octanol–water partition coefficient (Wildman–Crippen LogP) is 4.37. The summed E-state index contributed by atoms with van der Waals surface area (Å²) in [5.74, 6) is 1.41. The Hall–Kier alpha value is -1.02. The van der Waals surface area contributed by atoms with Crippen LogP contribution in [-0.2, 0) is 6.54 Å². The maximum Gasteiger partial charge on any atom is 0.0414 e. The summed E-state index contributed by atoms with van der Waals surface area (Å²) < 4.78 is 0. The fourth-order valence-corrected chi connectivity index (χ4v) is 2.86. The van der Waals surface area contributed by atoms with Crippen LogP contribution in [0.25, 0.3) is 0 Å². The van der Waals surface area contributed by atoms with Crippen LogP contribution in [0, 0.1) is 18.8 Å². The van der Waals surface area contributed by atoms with E-state index in [2.05, 4.69) is 63.0 Å². The number of anilines is 1. The zero-order valence-corrected chi connectivity index (χ0v) is 14.4. The third kappa shape index (κ3) is 5.03. The third-order valence-corrected chi connectivity index (χ3v) is 3.96. The van der Waals surface area contributed by atoms with E-state index in [0.717, 1.165) is 19.1 Å². The highest BCUT2D eigenvalue weighted by molar-refractivity contribution is 5.56. The van der Waals surface area contributed by atoms with Crippen molar-refractivity contribution in [2.75, 3.05) is 18.0 Å². The topological polar surface area (TPSA) is 15.3 Å². The molecule has 0 aliphatic heterocycles. The molecule has 118 valence electrons. The van der Waals surface area contributed by atoms with E-state index in [-0.39, 0.29) is 0 Å². The standard InChI is InChI=1S/C19H32N2/c1-14(2)11-20-12-17-10-16(5)6-9-19(17)21(13-15(3)4)18-7-8-18/h6,9-10,14-15,18,20H,7-8,11-13H2,1-5H3. The molecule has 2 rings (SSSR count). The molecule has 21 heavy (non-hydrogen) atoms. The maximum atomic E-state index is 3.61. The van der Waals surface area contributed by atoms with Crippen molar-refractivity contribution >= 4 is 5.69 Å². The Labute approximate surface area is 130 Å². The molecule has 0 saturated heterocycles. The van der Waals surface area contributed by atoms with Gasteiger partial charge in [0.1, 0.15) is 0 Å². The van der Waals surface area contributed by atoms with Gasteiger partial charge >= 0.3 is 0 Å². The zero-order chi connectivity index (χ0) is 15.4. The Bertz CT molecular complexity index is 447. The van der Waals surface area contributed by atoms with Crippen LogP contribution in [0.2, 0.25) is 0 Å². The first-order valence-corrected chi connectivity index (χ1v) is 8.54. The summed E-state index contributed by atoms with van der Waals surface area (Å²) in [6.45, 7) is 14.6. The molecule has 1 aliphatic carbocycles. The lowest BCUT2D eigenvalue weighted by Crippen LogP contribution is -2.31. The molecule has 0 bridgehead atoms. The molecule has 0 unspecified atom stereocenters. The van der Waals surface area contributed by atoms with Crippen LogP contribution in [0.5, 0.6) is 0 Å². The molecular weight excluding hydrogens is 256 g/mol. The molecule has 0 heterocycles. The van der Waals surface area contributed by atoms with Crippen LogP contribution >= 0.6 is 0 Å². The minimum atomic E-state index is 0.702. The SMILES string of the molecule is Cc1ccc(N(CC(C)C)C2CC2)c(CNCC(C)C)c1. The van der Waals surface area contributed by atoms with Gasteiger partial charge < -0.3 is 10.2 Å². The van der Waals surface area contributed by atoms with Crippen molar-refractivity contribution < 1.29 is 0 Å². The summed E-state index contributed by atoms with van der Waals surface area (Å²) in [5, 5.41) is 3.61. The van der Waals surface area contributed by atoms with Crippen molar-refractivity contribution in [3.05, 3.63) is 29.3 Å². The van der Waals surface area contributed by atoms with Gasteiger partial charge in [0.05, 0.1) is 0 Å². The first kappa shape index (κ1) is 16.4. The van der Waals surface area contributed by atoms with Gasteiger partial charge in [-0.1, -0.05) is 45.4 Å². The van der Waals surface area contributed by atoms with Gasteiger partial charge in [0.25, 0.3) is 0 Å². The highest BCUT2D eigenvalue weighted by Crippen LogP contribution is 2.34. The summed E-state index contributed by atoms with van der Waals surface area (Å²) >= 11 is 0. The molecular formula is C19H32N2. The van der Waals surface area contributed by atoms with Crippen molar-refractivity contribution in [2.24, 2.45) is 11.8 Å². The van der Waals surface area contributed by atoms with Crippen LogP contribution in [0.15, 0.2) is 18.2 Å². The van der Waals surface area contributed by atoms with E-state index in [1.165, 1.54) is 36.2 Å². The molecule has 2 nitrogen and oxygen atoms in total. The minimum absolute atomic E-state index is 0.702. The Balaban J connectivity index is 2.15. The van der Waals surface area contributed by atoms with Crippen LogP contribution in [-0.4, -0.2) is 19.1 Å². The van der Waals surface area contributed by atoms with E-state index < -0.39 is 0 Å². The first-order chi connectivity index (χ1) is 9.97. The van der Waals surface area contributed by atoms with Gasteiger partial charge in [0.15, 0.2) is 0 Å². The van der Waals surface area contributed by atoms with Crippen molar-refractivity contribution in [1.82, 2.24) is 5.32 Å². The molecule has 1 aromatic rings. The lowest BCUT2D eigenvalue weighted by atomic mass is 10.1. The van der Waals surface area contributed by atoms with Crippen molar-refractivity contribution in [1.29, 1.82) is 0 Å². The van der Waals surface area contributed by atoms with Gasteiger partial charge in [-0.05, 0) is 49.8 Å². The van der Waals surface area contributed by atoms with E-state index in [9.17, 15) is 0 Å². The summed E-state index contributed by atoms with van der Waals surface area (Å²) in [4.78, 5) is 2.65. The van der Waals surface area contributed by atoms with E-state index in [1.807, 2.05) is 0 Å². The molecule has 1 aliphatic rings. The van der Waals surface area contributed by atoms with E-state index in [0.29, 0.717) is 11.8 Å². The summed E-state index contributed by atoms with van der Waals surface area (Å²) in [5.41, 5.74) is 4.27. The molecule has 1 N–H and O–H groups in total. The molecule has 2 heteroatoms. The largest absolute Gasteiger partial charge is 0.368 e. The number of hydrogen-bond donors (Lipinski definition) is 1. The monoisotopic (exact) mass is 288 g/mol. The van der Waals surface area contributed by atoms with Crippen LogP contribution in [0.1, 0.15) is 51.7 Å². The predicted molar refractivity (Wildman–Crippen MR) is 92.9 cm³/mol. The Morgan fingerprint density at radius 2 is 1.86 bits per heavy atom. The number of nitrogens with one attached hydrogen (secondary N) is 1. The maximum absolute atomic E-state index is 3.61. The van der Waals surface area contributed by atoms with Crippen molar-refractivity contribution in [3.8, 4) is 0 Å². The smallest absolute Gasteiger partial charge is 0.0414 e. The normalized spacial score (nSPS) is 15.0. The fraction of sp³-hybridized carbons (Fsp3) is 0.684. The lowest BCUT2D eigenvalue weighted by molar-refractivity contribution is 0.550. The average Bonchev–Trinajstić information content (AvgIpc) is 3.20. The Kier molecular flexibility index (Phi) is 5.69. The number of nitrogens with zero attached hydrogens (tertiary/aromatic N) is 1. The van der Waals surface area contributed by atoms with Crippen molar-refractivity contribution in [2.45, 2.75) is 60.0 Å². The molecule has 0 spiro atoms. The van der Waals surface area contributed by atoms with Crippen molar-refractivity contribution in [3.63, 3.8) is 0 Å². The molecule has 0 radical (unpaired) electrons. The Morgan fingerprint density at radius 3 is 2.43 bits per heavy atom. The molecule has 1 saturated carbocycles. The van der Waals surface area contributed by atoms with Crippen LogP contribution in [0.4, 0.5) is 5.69 Å². The van der Waals surface area contributed by atoms with E-state index in [1.54, 1.807) is 0 Å². The summed E-state index contributed by atoms with van der Waals surface area (Å²) in [7, 11) is 0. The molecule has 1 aromatic carbocycles. The number of aryl methyl sites for hydroxylation is 1. The molecule has 0 aromatic heterocycles. The molecule has 1 fully saturated rings. The van der Waals surface area contributed by atoms with Gasteiger partial charge in [-0.3, -0.25) is 0 Å². The van der Waals surface area contributed by atoms with Gasteiger partial charge in [-0.2, -0.15) is 0 Å². The van der Waals surface area contributed by atoms with Gasteiger partial charge in [-0.25, -0.2) is 0 Å². The van der Waals surface area contributed by atoms with E-state index >= 15 is 0 Å². The highest BCUT2D eigenvalue weighted by atomic mass is 15.2. The molecule has 0 atom stereocenters. The Morgan fingerprint density at radius 1 is 1.14 bits per heavy atom. The van der Waals surface area contributed by atoms with Crippen LogP contribution in [0.3, 0.4) is 0 Å². The third-order valence-electron chi connectivity index (χ3n) is 3.96. The number of rotatable bonds is 8. The lowest BCUT2D eigenvalue weighted by Gasteiger charge is -2.29. The highest BCUT2D eigenvalue weighted by Gasteiger charge is 2.30. The fourth-order valence-electron chi connectivity index (χ4n) is 2.86. The second-order valence-electron chi connectivity index (χ2n) is 7.43. The van der Waals surface area contributed by atoms with Gasteiger partial charge in [0, 0.05) is 24.8 Å². The van der Waals surface area contributed by atoms with E-state index in [4.69, 9.17) is 0 Å². The number of hydrogen-bond acceptors (Lipinski definition) is 2. The second-order valence-corrected chi connectivity index (χ2v) is 7.43. The summed E-state index contributed by atoms with van der Waals surface area (Å²) in [6.07, 6.45) is 2.72. The quantitative estimate of drug-likeness (QED) is 0.764. The summed E-state index contributed by atoms with van der Waals surface area (Å²) in [6, 6.07) is 7.73. The zero-order valence-electron chi connectivity index (χ0n) is 14.4. The van der Waals surface area contributed by atoms with Gasteiger partial charge in [0.2, 0.25) is 0 Å². The second kappa shape index (κ2) is 7.31. The average molecular weight is 288 g/mol. The molecule has 0 amide bonds. The van der Waals surface area contributed by atoms with Crippen LogP contribution < -0.4 is 10.2 Å². The first-order valence-electron chi connectivity index (χ1n) is 8.54. The van der Waals surface area contributed by atoms with Gasteiger partial charge in [-0.15, -0.1) is 0 Å². The minimum Gasteiger partial charge on any atom is -0.368 e.